The molecule has 2 fully saturated rings. The third-order valence-electron chi connectivity index (χ3n) is 6.02. The Morgan fingerprint density at radius 3 is 2.51 bits per heavy atom. The highest BCUT2D eigenvalue weighted by atomic mass is 32.9. The number of amides is 3. The lowest BCUT2D eigenvalue weighted by Gasteiger charge is -2.37. The van der Waals surface area contributed by atoms with Crippen molar-refractivity contribution in [1.29, 1.82) is 0 Å². The van der Waals surface area contributed by atoms with Crippen LogP contribution < -0.4 is 16.0 Å². The largest absolute Gasteiger partial charge is 0.480 e. The van der Waals surface area contributed by atoms with Crippen LogP contribution in [0, 0.1) is 5.92 Å². The molecule has 2 unspecified atom stereocenters. The number of hydrogen-bond donors (Lipinski definition) is 4. The summed E-state index contributed by atoms with van der Waals surface area (Å²) in [6.45, 7) is 13.7. The van der Waals surface area contributed by atoms with Gasteiger partial charge in [-0.25, -0.2) is 4.79 Å². The summed E-state index contributed by atoms with van der Waals surface area (Å²) < 4.78 is 17.5. The zero-order valence-electron chi connectivity index (χ0n) is 22.1. The van der Waals surface area contributed by atoms with Crippen molar-refractivity contribution in [2.75, 3.05) is 13.2 Å². The first-order valence-electron chi connectivity index (χ1n) is 12.0. The lowest BCUT2D eigenvalue weighted by Crippen LogP contribution is -2.52. The Balaban J connectivity index is 2.06. The van der Waals surface area contributed by atoms with Crippen molar-refractivity contribution < 1.29 is 38.1 Å². The first-order valence-corrected chi connectivity index (χ1v) is 16.1. The first kappa shape index (κ1) is 31.6. The number of ether oxygens (including phenoxy) is 1. The summed E-state index contributed by atoms with van der Waals surface area (Å²) >= 11 is 7.23. The van der Waals surface area contributed by atoms with E-state index in [9.17, 15) is 19.2 Å². The highest BCUT2D eigenvalue weighted by Crippen LogP contribution is 2.74. The lowest BCUT2D eigenvalue weighted by atomic mass is 9.77. The van der Waals surface area contributed by atoms with E-state index in [1.54, 1.807) is 20.8 Å². The summed E-state index contributed by atoms with van der Waals surface area (Å²) in [7, 11) is 0. The van der Waals surface area contributed by atoms with Gasteiger partial charge in [0, 0.05) is 5.25 Å². The van der Waals surface area contributed by atoms with Gasteiger partial charge in [0.1, 0.15) is 17.7 Å². The number of carboxylic acids is 1. The number of carbonyl (C=O) groups is 4. The Kier molecular flexibility index (Phi) is 10.6. The molecule has 4 N–H and O–H groups in total. The van der Waals surface area contributed by atoms with Crippen LogP contribution in [0.3, 0.4) is 0 Å². The Bertz CT molecular complexity index is 972. The van der Waals surface area contributed by atoms with Gasteiger partial charge in [0.05, 0.1) is 18.8 Å². The van der Waals surface area contributed by atoms with Crippen LogP contribution in [0.2, 0.25) is 0 Å². The molecule has 37 heavy (non-hydrogen) atoms. The van der Waals surface area contributed by atoms with Crippen molar-refractivity contribution in [3.63, 3.8) is 0 Å². The average Bonchev–Trinajstić information content (AvgIpc) is 3.02. The third kappa shape index (κ3) is 9.55. The van der Waals surface area contributed by atoms with Gasteiger partial charge in [0.2, 0.25) is 17.5 Å². The number of allylic oxidation sites excluding steroid dienone is 1. The second-order valence-corrected chi connectivity index (χ2v) is 16.9. The molecule has 3 amide bonds. The molecule has 0 spiro atoms. The van der Waals surface area contributed by atoms with Crippen molar-refractivity contribution >= 4 is 52.8 Å². The summed E-state index contributed by atoms with van der Waals surface area (Å²) in [6, 6.07) is -2.36. The van der Waals surface area contributed by atoms with Gasteiger partial charge in [0.15, 0.2) is 0 Å². The molecule has 1 saturated heterocycles. The molecule has 0 bridgehead atoms. The van der Waals surface area contributed by atoms with Crippen LogP contribution in [0.15, 0.2) is 12.2 Å². The molecule has 0 aromatic heterocycles. The SMILES string of the molecule is C=C(C)[C@@H]1CC[C@]2(C)O[P@](=S)(OCC(NC(=O)OC(C)(C)C)C(=O)NCC(=O)NC(C)C(=O)O)S[C@H]2C1. The topological polar surface area (TPSA) is 152 Å². The number of aliphatic carboxylic acids is 1. The molecular formula is C23H38N3O8PS2. The van der Waals surface area contributed by atoms with E-state index in [1.807, 2.05) is 13.8 Å². The number of hydrogen-bond acceptors (Lipinski definition) is 9. The normalized spacial score (nSPS) is 28.8. The number of carbonyl (C=O) groups excluding carboxylic acids is 3. The quantitative estimate of drug-likeness (QED) is 0.224. The van der Waals surface area contributed by atoms with Gasteiger partial charge in [-0.15, -0.1) is 0 Å². The van der Waals surface area contributed by atoms with E-state index < -0.39 is 59.4 Å². The average molecular weight is 580 g/mol. The van der Waals surface area contributed by atoms with Gasteiger partial charge in [-0.3, -0.25) is 14.4 Å². The molecule has 1 saturated carbocycles. The fraction of sp³-hybridized carbons (Fsp3) is 0.739. The summed E-state index contributed by atoms with van der Waals surface area (Å²) in [5.41, 5.74) is -2.96. The fourth-order valence-corrected chi connectivity index (χ4v) is 10.7. The van der Waals surface area contributed by atoms with Crippen LogP contribution in [0.25, 0.3) is 0 Å². The van der Waals surface area contributed by atoms with E-state index >= 15 is 0 Å². The van der Waals surface area contributed by atoms with Gasteiger partial charge in [0.25, 0.3) is 0 Å². The van der Waals surface area contributed by atoms with Crippen LogP contribution in [0.5, 0.6) is 0 Å². The van der Waals surface area contributed by atoms with Gasteiger partial charge in [-0.1, -0.05) is 23.5 Å². The van der Waals surface area contributed by atoms with Crippen LogP contribution in [-0.2, 0) is 40.0 Å². The van der Waals surface area contributed by atoms with Gasteiger partial charge < -0.3 is 34.8 Å². The molecule has 1 aliphatic carbocycles. The lowest BCUT2D eigenvalue weighted by molar-refractivity contribution is -0.141. The Morgan fingerprint density at radius 1 is 1.30 bits per heavy atom. The maximum atomic E-state index is 12.9. The van der Waals surface area contributed by atoms with Crippen molar-refractivity contribution in [2.24, 2.45) is 5.92 Å². The molecule has 1 aliphatic heterocycles. The molecule has 6 atom stereocenters. The van der Waals surface area contributed by atoms with Crippen LogP contribution in [0.4, 0.5) is 4.79 Å². The van der Waals surface area contributed by atoms with Gasteiger partial charge in [-0.05, 0) is 78.5 Å². The zero-order valence-corrected chi connectivity index (χ0v) is 24.6. The number of carboxylic acid groups (broad SMARTS) is 1. The predicted molar refractivity (Wildman–Crippen MR) is 145 cm³/mol. The Hall–Kier alpha value is -1.66. The summed E-state index contributed by atoms with van der Waals surface area (Å²) in [5, 5.41) is 16.1. The van der Waals surface area contributed by atoms with Crippen molar-refractivity contribution in [3.05, 3.63) is 12.2 Å². The number of fused-ring (bicyclic) bond motifs is 1. The molecule has 0 radical (unpaired) electrons. The monoisotopic (exact) mass is 579 g/mol. The van der Waals surface area contributed by atoms with Crippen molar-refractivity contribution in [1.82, 2.24) is 16.0 Å². The summed E-state index contributed by atoms with van der Waals surface area (Å²) in [4.78, 5) is 48.2. The van der Waals surface area contributed by atoms with Crippen LogP contribution in [0.1, 0.15) is 60.8 Å². The molecule has 2 rings (SSSR count). The highest BCUT2D eigenvalue weighted by Gasteiger charge is 2.53. The summed E-state index contributed by atoms with van der Waals surface area (Å²) in [5.74, 6) is -2.25. The maximum absolute atomic E-state index is 12.9. The molecule has 2 aliphatic rings. The zero-order chi connectivity index (χ0) is 28.2. The molecule has 1 heterocycles. The number of alkyl carbamates (subject to hydrolysis) is 1. The minimum absolute atomic E-state index is 0.125. The summed E-state index contributed by atoms with van der Waals surface area (Å²) in [6.07, 6.45) is 1.80. The van der Waals surface area contributed by atoms with E-state index in [4.69, 9.17) is 30.7 Å². The third-order valence-corrected chi connectivity index (χ3v) is 11.7. The molecule has 14 heteroatoms. The van der Waals surface area contributed by atoms with Crippen LogP contribution in [-0.4, -0.2) is 70.7 Å². The molecule has 0 aromatic rings. The van der Waals surface area contributed by atoms with Crippen molar-refractivity contribution in [3.8, 4) is 0 Å². The second kappa shape index (κ2) is 12.5. The first-order chi connectivity index (χ1) is 16.9. The Labute approximate surface area is 227 Å². The smallest absolute Gasteiger partial charge is 0.408 e. The van der Waals surface area contributed by atoms with E-state index in [-0.39, 0.29) is 11.9 Å². The van der Waals surface area contributed by atoms with Gasteiger partial charge >= 0.3 is 12.1 Å². The maximum Gasteiger partial charge on any atom is 0.408 e. The standard InChI is InChI=1S/C23H38N3O8PS2/c1-13(2)15-8-9-23(7)17(10-15)37-35(36,34-23)32-12-16(26-21(31)33-22(4,5)6)19(28)24-11-18(27)25-14(3)20(29)30/h14-17H,1,8-12H2,2-7H3,(H,24,28)(H,25,27)(H,26,31)(H,29,30)/t14?,15-,16?,17+,23+,35+/m1/s1. The number of nitrogens with one attached hydrogen (secondary N) is 3. The molecular weight excluding hydrogens is 541 g/mol. The fourth-order valence-electron chi connectivity index (χ4n) is 3.89. The second-order valence-electron chi connectivity index (χ2n) is 10.6. The minimum atomic E-state index is -2.84. The predicted octanol–water partition coefficient (Wildman–Crippen LogP) is 3.09. The van der Waals surface area contributed by atoms with E-state index in [0.29, 0.717) is 5.92 Å². The minimum Gasteiger partial charge on any atom is -0.480 e. The highest BCUT2D eigenvalue weighted by molar-refractivity contribution is 8.68. The van der Waals surface area contributed by atoms with E-state index in [1.165, 1.54) is 18.3 Å². The van der Waals surface area contributed by atoms with E-state index in [0.717, 1.165) is 24.8 Å². The number of rotatable bonds is 10. The van der Waals surface area contributed by atoms with E-state index in [2.05, 4.69) is 22.5 Å². The van der Waals surface area contributed by atoms with Gasteiger partial charge in [-0.2, -0.15) is 0 Å². The molecule has 210 valence electrons. The van der Waals surface area contributed by atoms with Crippen molar-refractivity contribution in [2.45, 2.75) is 89.3 Å². The molecule has 0 aromatic carbocycles. The Morgan fingerprint density at radius 2 is 1.95 bits per heavy atom. The molecule has 11 nitrogen and oxygen atoms in total. The van der Waals surface area contributed by atoms with Crippen LogP contribution >= 0.6 is 17.1 Å².